The van der Waals surface area contributed by atoms with Crippen molar-refractivity contribution in [3.8, 4) is 0 Å². The average Bonchev–Trinajstić information content (AvgIpc) is 2.40. The molecule has 2 unspecified atom stereocenters. The lowest BCUT2D eigenvalue weighted by Gasteiger charge is -2.46. The lowest BCUT2D eigenvalue weighted by Crippen LogP contribution is -2.52. The van der Waals surface area contributed by atoms with Crippen LogP contribution in [0.2, 0.25) is 0 Å². The molecule has 0 amide bonds. The first-order valence-corrected chi connectivity index (χ1v) is 7.32. The van der Waals surface area contributed by atoms with Crippen LogP contribution in [0.15, 0.2) is 0 Å². The summed E-state index contributed by atoms with van der Waals surface area (Å²) in [7, 11) is 3.86. The van der Waals surface area contributed by atoms with E-state index in [9.17, 15) is 0 Å². The van der Waals surface area contributed by atoms with E-state index < -0.39 is 0 Å². The summed E-state index contributed by atoms with van der Waals surface area (Å²) in [5.41, 5.74) is 6.10. The topological polar surface area (TPSA) is 57.0 Å². The number of nitrogens with zero attached hydrogens (tertiary/aromatic N) is 1. The molecule has 2 aliphatic heterocycles. The Bertz CT molecular complexity index is 264. The molecule has 19 heavy (non-hydrogen) atoms. The molecule has 0 radical (unpaired) electrons. The highest BCUT2D eigenvalue weighted by molar-refractivity contribution is 4.92. The smallest absolute Gasteiger partial charge is 0.0741 e. The zero-order chi connectivity index (χ0) is 13.7. The third-order valence-corrected chi connectivity index (χ3v) is 4.40. The number of nitrogens with two attached hydrogens (primary N) is 1. The Hall–Kier alpha value is -0.200. The van der Waals surface area contributed by atoms with Gasteiger partial charge in [-0.05, 0) is 32.7 Å². The summed E-state index contributed by atoms with van der Waals surface area (Å²) < 4.78 is 16.6. The summed E-state index contributed by atoms with van der Waals surface area (Å²) in [6.45, 7) is 4.02. The van der Waals surface area contributed by atoms with Crippen LogP contribution < -0.4 is 5.73 Å². The molecule has 2 fully saturated rings. The molecule has 0 bridgehead atoms. The van der Waals surface area contributed by atoms with Crippen molar-refractivity contribution in [1.29, 1.82) is 0 Å². The Morgan fingerprint density at radius 1 is 1.37 bits per heavy atom. The predicted octanol–water partition coefficient (Wildman–Crippen LogP) is 0.620. The summed E-state index contributed by atoms with van der Waals surface area (Å²) >= 11 is 0. The second kappa shape index (κ2) is 6.99. The van der Waals surface area contributed by atoms with Crippen LogP contribution in [-0.4, -0.2) is 69.7 Å². The molecule has 0 aromatic carbocycles. The van der Waals surface area contributed by atoms with Crippen LogP contribution in [-0.2, 0) is 14.2 Å². The number of hydrogen-bond acceptors (Lipinski definition) is 5. The van der Waals surface area contributed by atoms with Crippen molar-refractivity contribution < 1.29 is 14.2 Å². The fourth-order valence-corrected chi connectivity index (χ4v) is 3.26. The van der Waals surface area contributed by atoms with Gasteiger partial charge in [0, 0.05) is 45.6 Å². The molecule has 2 atom stereocenters. The molecule has 2 rings (SSSR count). The molecule has 5 heteroatoms. The number of ether oxygens (including phenoxy) is 3. The minimum atomic E-state index is 0.0563. The van der Waals surface area contributed by atoms with Gasteiger partial charge in [-0.25, -0.2) is 0 Å². The second-order valence-electron chi connectivity index (χ2n) is 5.95. The predicted molar refractivity (Wildman–Crippen MR) is 74.2 cm³/mol. The van der Waals surface area contributed by atoms with Crippen molar-refractivity contribution in [3.05, 3.63) is 0 Å². The molecule has 0 aromatic rings. The molecule has 0 saturated carbocycles. The van der Waals surface area contributed by atoms with Crippen LogP contribution in [0.1, 0.15) is 25.7 Å². The van der Waals surface area contributed by atoms with Gasteiger partial charge in [0.1, 0.15) is 0 Å². The molecule has 2 saturated heterocycles. The molecular weight excluding hydrogens is 244 g/mol. The Morgan fingerprint density at radius 2 is 2.11 bits per heavy atom. The first-order chi connectivity index (χ1) is 9.15. The van der Waals surface area contributed by atoms with E-state index >= 15 is 0 Å². The second-order valence-corrected chi connectivity index (χ2v) is 5.95. The largest absolute Gasteiger partial charge is 0.383 e. The van der Waals surface area contributed by atoms with Gasteiger partial charge in [0.2, 0.25) is 0 Å². The third kappa shape index (κ3) is 4.13. The van der Waals surface area contributed by atoms with Crippen LogP contribution >= 0.6 is 0 Å². The van der Waals surface area contributed by atoms with Crippen molar-refractivity contribution in [2.75, 3.05) is 47.1 Å². The fraction of sp³-hybridized carbons (Fsp3) is 1.00. The van der Waals surface area contributed by atoms with Crippen molar-refractivity contribution in [2.45, 2.75) is 43.4 Å². The van der Waals surface area contributed by atoms with Gasteiger partial charge in [0.05, 0.1) is 12.2 Å². The summed E-state index contributed by atoms with van der Waals surface area (Å²) in [4.78, 5) is 2.38. The highest BCUT2D eigenvalue weighted by Crippen LogP contribution is 2.35. The van der Waals surface area contributed by atoms with E-state index in [1.54, 1.807) is 7.11 Å². The van der Waals surface area contributed by atoms with Crippen LogP contribution in [0.3, 0.4) is 0 Å². The van der Waals surface area contributed by atoms with Gasteiger partial charge in [-0.15, -0.1) is 0 Å². The zero-order valence-electron chi connectivity index (χ0n) is 12.3. The molecule has 2 aliphatic rings. The third-order valence-electron chi connectivity index (χ3n) is 4.40. The molecule has 112 valence electrons. The standard InChI is InChI=1S/C14H28N2O3/c1-16(10-12(15)11-17-2)13-3-6-19-14(9-13)4-7-18-8-5-14/h12-13H,3-11,15H2,1-2H3. The van der Waals surface area contributed by atoms with E-state index in [1.165, 1.54) is 0 Å². The summed E-state index contributed by atoms with van der Waals surface area (Å²) in [6, 6.07) is 0.651. The maximum absolute atomic E-state index is 6.08. The number of methoxy groups -OCH3 is 1. The Balaban J connectivity index is 1.85. The average molecular weight is 272 g/mol. The number of hydrogen-bond donors (Lipinski definition) is 1. The van der Waals surface area contributed by atoms with Crippen molar-refractivity contribution >= 4 is 0 Å². The van der Waals surface area contributed by atoms with E-state index in [0.29, 0.717) is 12.6 Å². The highest BCUT2D eigenvalue weighted by Gasteiger charge is 2.40. The first-order valence-electron chi connectivity index (χ1n) is 7.32. The summed E-state index contributed by atoms with van der Waals surface area (Å²) in [6.07, 6.45) is 4.26. The molecule has 2 N–H and O–H groups in total. The fourth-order valence-electron chi connectivity index (χ4n) is 3.26. The van der Waals surface area contributed by atoms with Crippen LogP contribution in [0.5, 0.6) is 0 Å². The molecule has 0 aromatic heterocycles. The van der Waals surface area contributed by atoms with Gasteiger partial charge in [0.15, 0.2) is 0 Å². The maximum atomic E-state index is 6.08. The number of rotatable bonds is 5. The van der Waals surface area contributed by atoms with Crippen LogP contribution in [0.4, 0.5) is 0 Å². The molecule has 5 nitrogen and oxygen atoms in total. The Labute approximate surface area is 116 Å². The Morgan fingerprint density at radius 3 is 2.79 bits per heavy atom. The van der Waals surface area contributed by atoms with E-state index in [-0.39, 0.29) is 11.6 Å². The quantitative estimate of drug-likeness (QED) is 0.795. The maximum Gasteiger partial charge on any atom is 0.0741 e. The van der Waals surface area contributed by atoms with Crippen molar-refractivity contribution in [1.82, 2.24) is 4.90 Å². The highest BCUT2D eigenvalue weighted by atomic mass is 16.5. The van der Waals surface area contributed by atoms with Gasteiger partial charge in [-0.1, -0.05) is 0 Å². The Kier molecular flexibility index (Phi) is 5.59. The number of likely N-dealkylation sites (N-methyl/N-ethyl adjacent to an activating group) is 1. The normalized spacial score (nSPS) is 28.7. The molecule has 1 spiro atoms. The van der Waals surface area contributed by atoms with Gasteiger partial charge >= 0.3 is 0 Å². The van der Waals surface area contributed by atoms with E-state index in [0.717, 1.165) is 52.0 Å². The van der Waals surface area contributed by atoms with Gasteiger partial charge < -0.3 is 24.8 Å². The lowest BCUT2D eigenvalue weighted by atomic mass is 9.83. The minimum absolute atomic E-state index is 0.0563. The van der Waals surface area contributed by atoms with Gasteiger partial charge in [0.25, 0.3) is 0 Å². The van der Waals surface area contributed by atoms with Crippen LogP contribution in [0.25, 0.3) is 0 Å². The molecule has 2 heterocycles. The van der Waals surface area contributed by atoms with E-state index in [1.807, 2.05) is 0 Å². The van der Waals surface area contributed by atoms with E-state index in [4.69, 9.17) is 19.9 Å². The molecular formula is C14H28N2O3. The molecule has 0 aliphatic carbocycles. The summed E-state index contributed by atoms with van der Waals surface area (Å²) in [5.74, 6) is 0. The lowest BCUT2D eigenvalue weighted by molar-refractivity contribution is -0.150. The van der Waals surface area contributed by atoms with E-state index in [2.05, 4.69) is 11.9 Å². The SMILES string of the molecule is COCC(N)CN(C)C1CCOC2(CCOCC2)C1. The van der Waals surface area contributed by atoms with Crippen LogP contribution in [0, 0.1) is 0 Å². The van der Waals surface area contributed by atoms with Crippen molar-refractivity contribution in [2.24, 2.45) is 5.73 Å². The first kappa shape index (κ1) is 15.2. The minimum Gasteiger partial charge on any atom is -0.383 e. The summed E-state index contributed by atoms with van der Waals surface area (Å²) in [5, 5.41) is 0. The van der Waals surface area contributed by atoms with Gasteiger partial charge in [-0.3, -0.25) is 0 Å². The monoisotopic (exact) mass is 272 g/mol. The zero-order valence-corrected chi connectivity index (χ0v) is 12.3. The van der Waals surface area contributed by atoms with Gasteiger partial charge in [-0.2, -0.15) is 0 Å². The van der Waals surface area contributed by atoms with Crippen molar-refractivity contribution in [3.63, 3.8) is 0 Å².